The molecule has 4 rings (SSSR count). The average Bonchev–Trinajstić information content (AvgIpc) is 3.03. The standard InChI is InChI=1S/C18H22N4O2S.ClH/c1-21-9-6-14-4-5-16(11-17(14)21)25(23,24)22-10-8-20-13-18(22)15-3-2-7-19-12-15;/h2-5,7,11-12,18,20H,6,8-10,13H2,1H3;1H. The molecule has 8 heteroatoms. The van der Waals surface area contributed by atoms with Crippen LogP contribution in [-0.4, -0.2) is 50.9 Å². The van der Waals surface area contributed by atoms with E-state index in [0.717, 1.165) is 24.2 Å². The van der Waals surface area contributed by atoms with Crippen LogP contribution in [0.2, 0.25) is 0 Å². The maximum atomic E-state index is 13.3. The molecule has 6 nitrogen and oxygen atoms in total. The largest absolute Gasteiger partial charge is 0.374 e. The molecule has 0 amide bonds. The van der Waals surface area contributed by atoms with Gasteiger partial charge in [0, 0.05) is 51.3 Å². The molecule has 140 valence electrons. The van der Waals surface area contributed by atoms with Gasteiger partial charge in [-0.3, -0.25) is 4.98 Å². The van der Waals surface area contributed by atoms with Crippen LogP contribution in [0.1, 0.15) is 17.2 Å². The van der Waals surface area contributed by atoms with E-state index in [2.05, 4.69) is 15.2 Å². The molecular formula is C18H23ClN4O2S. The second kappa shape index (κ2) is 7.52. The third kappa shape index (κ3) is 3.32. The Morgan fingerprint density at radius 3 is 2.85 bits per heavy atom. The van der Waals surface area contributed by atoms with Crippen LogP contribution in [-0.2, 0) is 16.4 Å². The van der Waals surface area contributed by atoms with E-state index in [9.17, 15) is 8.42 Å². The normalized spacial score (nSPS) is 20.5. The zero-order valence-electron chi connectivity index (χ0n) is 14.6. The Hall–Kier alpha value is -1.67. The first-order valence-electron chi connectivity index (χ1n) is 8.54. The maximum Gasteiger partial charge on any atom is 0.243 e. The Bertz CT molecular complexity index is 876. The first-order valence-corrected chi connectivity index (χ1v) is 9.98. The summed E-state index contributed by atoms with van der Waals surface area (Å²) in [4.78, 5) is 6.64. The second-order valence-corrected chi connectivity index (χ2v) is 8.47. The maximum absolute atomic E-state index is 13.3. The summed E-state index contributed by atoms with van der Waals surface area (Å²) < 4.78 is 28.3. The SMILES string of the molecule is CN1CCc2ccc(S(=O)(=O)N3CCNCC3c3cccnc3)cc21.Cl. The highest BCUT2D eigenvalue weighted by Gasteiger charge is 2.35. The molecule has 0 aliphatic carbocycles. The van der Waals surface area contributed by atoms with Gasteiger partial charge in [0.2, 0.25) is 10.0 Å². The average molecular weight is 395 g/mol. The van der Waals surface area contributed by atoms with Crippen molar-refractivity contribution in [3.8, 4) is 0 Å². The van der Waals surface area contributed by atoms with Crippen molar-refractivity contribution in [2.24, 2.45) is 0 Å². The van der Waals surface area contributed by atoms with Crippen molar-refractivity contribution < 1.29 is 8.42 Å². The quantitative estimate of drug-likeness (QED) is 0.860. The number of pyridine rings is 1. The molecule has 1 atom stereocenters. The Morgan fingerprint density at radius 1 is 1.23 bits per heavy atom. The molecule has 2 aliphatic heterocycles. The molecule has 1 unspecified atom stereocenters. The number of likely N-dealkylation sites (N-methyl/N-ethyl adjacent to an activating group) is 1. The summed E-state index contributed by atoms with van der Waals surface area (Å²) in [5.41, 5.74) is 3.15. The first-order chi connectivity index (χ1) is 12.1. The van der Waals surface area contributed by atoms with Crippen molar-refractivity contribution in [3.05, 3.63) is 53.9 Å². The number of benzene rings is 1. The van der Waals surface area contributed by atoms with Gasteiger partial charge in [-0.05, 0) is 35.7 Å². The smallest absolute Gasteiger partial charge is 0.243 e. The number of fused-ring (bicyclic) bond motifs is 1. The molecule has 26 heavy (non-hydrogen) atoms. The number of halogens is 1. The van der Waals surface area contributed by atoms with Crippen LogP contribution in [0.5, 0.6) is 0 Å². The number of piperazine rings is 1. The monoisotopic (exact) mass is 394 g/mol. The van der Waals surface area contributed by atoms with E-state index >= 15 is 0 Å². The van der Waals surface area contributed by atoms with Crippen LogP contribution in [0.4, 0.5) is 5.69 Å². The molecule has 1 aromatic heterocycles. The van der Waals surface area contributed by atoms with Crippen LogP contribution in [0.25, 0.3) is 0 Å². The van der Waals surface area contributed by atoms with E-state index in [1.165, 1.54) is 5.56 Å². The summed E-state index contributed by atoms with van der Waals surface area (Å²) in [6.45, 7) is 2.64. The molecule has 1 N–H and O–H groups in total. The van der Waals surface area contributed by atoms with Crippen LogP contribution >= 0.6 is 12.4 Å². The molecule has 0 radical (unpaired) electrons. The minimum absolute atomic E-state index is 0. The second-order valence-electron chi connectivity index (χ2n) is 6.58. The number of aromatic nitrogens is 1. The zero-order chi connectivity index (χ0) is 17.4. The molecule has 1 fully saturated rings. The lowest BCUT2D eigenvalue weighted by Crippen LogP contribution is -2.48. The Balaban J connectivity index is 0.00000196. The summed E-state index contributed by atoms with van der Waals surface area (Å²) in [5, 5.41) is 3.29. The number of sulfonamides is 1. The van der Waals surface area contributed by atoms with Crippen molar-refractivity contribution in [2.45, 2.75) is 17.4 Å². The van der Waals surface area contributed by atoms with Crippen LogP contribution in [0.15, 0.2) is 47.6 Å². The number of hydrogen-bond donors (Lipinski definition) is 1. The lowest BCUT2D eigenvalue weighted by atomic mass is 10.1. The van der Waals surface area contributed by atoms with Gasteiger partial charge in [-0.15, -0.1) is 12.4 Å². The van der Waals surface area contributed by atoms with Gasteiger partial charge in [0.05, 0.1) is 10.9 Å². The van der Waals surface area contributed by atoms with Crippen molar-refractivity contribution in [2.75, 3.05) is 38.1 Å². The molecule has 2 aromatic rings. The van der Waals surface area contributed by atoms with E-state index in [1.807, 2.05) is 31.3 Å². The Morgan fingerprint density at radius 2 is 2.08 bits per heavy atom. The van der Waals surface area contributed by atoms with E-state index in [-0.39, 0.29) is 18.4 Å². The van der Waals surface area contributed by atoms with Crippen molar-refractivity contribution in [1.29, 1.82) is 0 Å². The molecule has 3 heterocycles. The van der Waals surface area contributed by atoms with Gasteiger partial charge in [0.1, 0.15) is 0 Å². The third-order valence-corrected chi connectivity index (χ3v) is 6.96. The van der Waals surface area contributed by atoms with Crippen molar-refractivity contribution >= 4 is 28.1 Å². The highest BCUT2D eigenvalue weighted by atomic mass is 35.5. The summed E-state index contributed by atoms with van der Waals surface area (Å²) >= 11 is 0. The topological polar surface area (TPSA) is 65.5 Å². The van der Waals surface area contributed by atoms with Gasteiger partial charge in [-0.1, -0.05) is 12.1 Å². The Labute approximate surface area is 160 Å². The van der Waals surface area contributed by atoms with E-state index < -0.39 is 10.0 Å². The van der Waals surface area contributed by atoms with Crippen molar-refractivity contribution in [3.63, 3.8) is 0 Å². The Kier molecular flexibility index (Phi) is 5.53. The number of rotatable bonds is 3. The highest BCUT2D eigenvalue weighted by molar-refractivity contribution is 7.89. The lowest BCUT2D eigenvalue weighted by molar-refractivity contribution is 0.271. The predicted octanol–water partition coefficient (Wildman–Crippen LogP) is 1.83. The minimum Gasteiger partial charge on any atom is -0.374 e. The minimum atomic E-state index is -3.57. The molecule has 1 saturated heterocycles. The van der Waals surface area contributed by atoms with Gasteiger partial charge < -0.3 is 10.2 Å². The van der Waals surface area contributed by atoms with Gasteiger partial charge >= 0.3 is 0 Å². The fourth-order valence-electron chi connectivity index (χ4n) is 3.65. The summed E-state index contributed by atoms with van der Waals surface area (Å²) in [6, 6.07) is 9.06. The van der Waals surface area contributed by atoms with Gasteiger partial charge in [0.25, 0.3) is 0 Å². The van der Waals surface area contributed by atoms with Crippen LogP contribution in [0.3, 0.4) is 0 Å². The van der Waals surface area contributed by atoms with Crippen LogP contribution in [0, 0.1) is 0 Å². The molecule has 0 spiro atoms. The predicted molar refractivity (Wildman–Crippen MR) is 104 cm³/mol. The molecule has 1 aromatic carbocycles. The first kappa shape index (κ1) is 19.1. The molecular weight excluding hydrogens is 372 g/mol. The number of nitrogens with one attached hydrogen (secondary N) is 1. The van der Waals surface area contributed by atoms with Crippen LogP contribution < -0.4 is 10.2 Å². The number of anilines is 1. The van der Waals surface area contributed by atoms with E-state index in [0.29, 0.717) is 24.5 Å². The zero-order valence-corrected chi connectivity index (χ0v) is 16.3. The van der Waals surface area contributed by atoms with Crippen molar-refractivity contribution in [1.82, 2.24) is 14.6 Å². The van der Waals surface area contributed by atoms with Gasteiger partial charge in [-0.2, -0.15) is 4.31 Å². The fraction of sp³-hybridized carbons (Fsp3) is 0.389. The number of nitrogens with zero attached hydrogens (tertiary/aromatic N) is 3. The molecule has 2 aliphatic rings. The summed E-state index contributed by atoms with van der Waals surface area (Å²) in [5.74, 6) is 0. The third-order valence-electron chi connectivity index (χ3n) is 5.05. The van der Waals surface area contributed by atoms with Gasteiger partial charge in [-0.25, -0.2) is 8.42 Å². The summed E-state index contributed by atoms with van der Waals surface area (Å²) in [7, 11) is -1.56. The van der Waals surface area contributed by atoms with E-state index in [4.69, 9.17) is 0 Å². The highest BCUT2D eigenvalue weighted by Crippen LogP contribution is 2.33. The summed E-state index contributed by atoms with van der Waals surface area (Å²) in [6.07, 6.45) is 4.42. The molecule has 0 saturated carbocycles. The van der Waals surface area contributed by atoms with Gasteiger partial charge in [0.15, 0.2) is 0 Å². The fourth-order valence-corrected chi connectivity index (χ4v) is 5.28. The molecule has 0 bridgehead atoms. The lowest BCUT2D eigenvalue weighted by Gasteiger charge is -2.35. The number of hydrogen-bond acceptors (Lipinski definition) is 5. The van der Waals surface area contributed by atoms with E-state index in [1.54, 1.807) is 22.8 Å².